The van der Waals surface area contributed by atoms with E-state index in [0.717, 1.165) is 61.5 Å². The van der Waals surface area contributed by atoms with Gasteiger partial charge in [0.25, 0.3) is 0 Å². The highest BCUT2D eigenvalue weighted by atomic mass is 16.3. The molecule has 5 nitrogen and oxygen atoms in total. The number of nitrogens with zero attached hydrogens (tertiary/aromatic N) is 4. The van der Waals surface area contributed by atoms with Crippen LogP contribution in [0.5, 0.6) is 5.75 Å². The highest BCUT2D eigenvalue weighted by Crippen LogP contribution is 2.42. The number of aromatic nitrogens is 4. The summed E-state index contributed by atoms with van der Waals surface area (Å²) in [6.45, 7) is 13.6. The Bertz CT molecular complexity index is 2950. The van der Waals surface area contributed by atoms with E-state index < -0.39 is 0 Å². The lowest BCUT2D eigenvalue weighted by Crippen LogP contribution is -2.16. The number of fused-ring (bicyclic) bond motifs is 3. The van der Waals surface area contributed by atoms with Gasteiger partial charge in [-0.3, -0.25) is 9.97 Å². The van der Waals surface area contributed by atoms with Gasteiger partial charge >= 0.3 is 0 Å². The fourth-order valence-electron chi connectivity index (χ4n) is 8.03. The summed E-state index contributed by atoms with van der Waals surface area (Å²) in [5.41, 5.74) is 15.2. The summed E-state index contributed by atoms with van der Waals surface area (Å²) in [4.78, 5) is 14.6. The van der Waals surface area contributed by atoms with E-state index in [4.69, 9.17) is 9.97 Å². The van der Waals surface area contributed by atoms with E-state index in [0.29, 0.717) is 11.3 Å². The zero-order chi connectivity index (χ0) is 40.2. The molecule has 0 bridgehead atoms. The Kier molecular flexibility index (Phi) is 9.04. The van der Waals surface area contributed by atoms with Crippen LogP contribution in [0.25, 0.3) is 83.5 Å². The van der Waals surface area contributed by atoms with Gasteiger partial charge in [0.05, 0.1) is 28.1 Å². The summed E-state index contributed by atoms with van der Waals surface area (Å²) < 4.78 is 2.31. The molecule has 4 aromatic heterocycles. The summed E-state index contributed by atoms with van der Waals surface area (Å²) in [5, 5.41) is 13.4. The van der Waals surface area contributed by atoms with Gasteiger partial charge in [-0.1, -0.05) is 126 Å². The second-order valence-electron chi connectivity index (χ2n) is 17.2. The van der Waals surface area contributed by atoms with Gasteiger partial charge in [0.1, 0.15) is 5.75 Å². The van der Waals surface area contributed by atoms with Crippen molar-refractivity contribution in [1.82, 2.24) is 19.5 Å². The number of para-hydroxylation sites is 2. The molecule has 9 aromatic rings. The smallest absolute Gasteiger partial charge is 0.124 e. The number of phenolic OH excluding ortho intramolecular Hbond substituents is 1. The largest absolute Gasteiger partial charge is 0.507 e. The SMILES string of the molecule is CC(C)(C)c1cc(-c2cc(-c3cccc(-c4ncccc4-c4cccc5c4c4ccccc4n5-c4ccncc4)c3)nc(-c3ccccc3O)c2)cc(C(C)(C)C)c1. The summed E-state index contributed by atoms with van der Waals surface area (Å²) >= 11 is 0. The first-order chi connectivity index (χ1) is 27.9. The monoisotopic (exact) mass is 754 g/mol. The molecule has 4 heterocycles. The molecule has 58 heavy (non-hydrogen) atoms. The maximum absolute atomic E-state index is 11.1. The van der Waals surface area contributed by atoms with Crippen molar-refractivity contribution < 1.29 is 5.11 Å². The fraction of sp³-hybridized carbons (Fsp3) is 0.151. The molecule has 1 N–H and O–H groups in total. The number of hydrogen-bond donors (Lipinski definition) is 1. The Labute approximate surface area is 340 Å². The highest BCUT2D eigenvalue weighted by molar-refractivity contribution is 6.16. The van der Waals surface area contributed by atoms with E-state index >= 15 is 0 Å². The predicted octanol–water partition coefficient (Wildman–Crippen LogP) is 13.6. The van der Waals surface area contributed by atoms with Crippen LogP contribution >= 0.6 is 0 Å². The molecule has 0 unspecified atom stereocenters. The molecule has 0 fully saturated rings. The lowest BCUT2D eigenvalue weighted by molar-refractivity contribution is 0.477. The molecular weight excluding hydrogens is 709 g/mol. The van der Waals surface area contributed by atoms with Gasteiger partial charge in [-0.2, -0.15) is 0 Å². The van der Waals surface area contributed by atoms with E-state index in [-0.39, 0.29) is 16.6 Å². The van der Waals surface area contributed by atoms with Crippen LogP contribution in [0.3, 0.4) is 0 Å². The van der Waals surface area contributed by atoms with Crippen molar-refractivity contribution >= 4 is 21.8 Å². The van der Waals surface area contributed by atoms with Gasteiger partial charge in [0.15, 0.2) is 0 Å². The number of pyridine rings is 3. The van der Waals surface area contributed by atoms with Crippen molar-refractivity contribution in [3.05, 3.63) is 175 Å². The number of rotatable bonds is 6. The quantitative estimate of drug-likeness (QED) is 0.184. The van der Waals surface area contributed by atoms with Gasteiger partial charge in [-0.05, 0) is 99.3 Å². The summed E-state index contributed by atoms with van der Waals surface area (Å²) in [7, 11) is 0. The Hall–Kier alpha value is -6.85. The third kappa shape index (κ3) is 6.73. The fourth-order valence-corrected chi connectivity index (χ4v) is 8.03. The van der Waals surface area contributed by atoms with E-state index in [1.54, 1.807) is 6.07 Å². The summed E-state index contributed by atoms with van der Waals surface area (Å²) in [5.74, 6) is 0.197. The number of aromatic hydroxyl groups is 1. The molecule has 0 radical (unpaired) electrons. The lowest BCUT2D eigenvalue weighted by Gasteiger charge is -2.26. The first kappa shape index (κ1) is 36.8. The molecule has 5 aromatic carbocycles. The molecule has 5 heteroatoms. The van der Waals surface area contributed by atoms with Crippen LogP contribution < -0.4 is 0 Å². The predicted molar refractivity (Wildman–Crippen MR) is 240 cm³/mol. The Morgan fingerprint density at radius 1 is 0.483 bits per heavy atom. The maximum atomic E-state index is 11.1. The first-order valence-corrected chi connectivity index (χ1v) is 19.9. The molecule has 0 spiro atoms. The van der Waals surface area contributed by atoms with Gasteiger partial charge in [0.2, 0.25) is 0 Å². The molecule has 0 aliphatic carbocycles. The number of benzene rings is 5. The molecule has 0 atom stereocenters. The van der Waals surface area contributed by atoms with Crippen molar-refractivity contribution in [1.29, 1.82) is 0 Å². The standard InChI is InChI=1S/C53H46N4O/c1-52(2,3)38-29-36(30-39(33-38)53(4,5)6)37-31-45(56-46(32-37)43-16-8-10-22-49(43)58)34-14-11-15-35(28-34)51-42(19-13-25-55-51)41-18-12-21-48-50(41)44-17-7-9-20-47(44)57(48)40-23-26-54-27-24-40/h7-33,58H,1-6H3. The zero-order valence-corrected chi connectivity index (χ0v) is 33.8. The Morgan fingerprint density at radius 2 is 1.10 bits per heavy atom. The minimum Gasteiger partial charge on any atom is -0.507 e. The van der Waals surface area contributed by atoms with Crippen molar-refractivity contribution in [2.45, 2.75) is 52.4 Å². The molecule has 0 saturated carbocycles. The van der Waals surface area contributed by atoms with Crippen molar-refractivity contribution in [3.63, 3.8) is 0 Å². The van der Waals surface area contributed by atoms with Crippen molar-refractivity contribution in [3.8, 4) is 67.5 Å². The topological polar surface area (TPSA) is 63.8 Å². The van der Waals surface area contributed by atoms with Crippen LogP contribution in [-0.2, 0) is 10.8 Å². The minimum absolute atomic E-state index is 0.0423. The van der Waals surface area contributed by atoms with E-state index in [2.05, 4.69) is 166 Å². The number of phenols is 1. The second kappa shape index (κ2) is 14.3. The molecule has 0 amide bonds. The average Bonchev–Trinajstić information content (AvgIpc) is 3.58. The summed E-state index contributed by atoms with van der Waals surface area (Å²) in [6.07, 6.45) is 5.55. The minimum atomic E-state index is -0.0423. The van der Waals surface area contributed by atoms with Gasteiger partial charge in [-0.25, -0.2) is 4.98 Å². The van der Waals surface area contributed by atoms with Crippen molar-refractivity contribution in [2.75, 3.05) is 0 Å². The molecule has 0 saturated heterocycles. The summed E-state index contributed by atoms with van der Waals surface area (Å²) in [6, 6.07) is 50.7. The Balaban J connectivity index is 1.23. The molecule has 0 aliphatic heterocycles. The van der Waals surface area contributed by atoms with Gasteiger partial charge < -0.3 is 9.67 Å². The van der Waals surface area contributed by atoms with Crippen LogP contribution in [0.1, 0.15) is 52.7 Å². The van der Waals surface area contributed by atoms with Crippen LogP contribution in [0.15, 0.2) is 164 Å². The normalized spacial score (nSPS) is 12.0. The molecule has 284 valence electrons. The van der Waals surface area contributed by atoms with Gasteiger partial charge in [0, 0.05) is 57.3 Å². The van der Waals surface area contributed by atoms with Crippen LogP contribution in [-0.4, -0.2) is 24.6 Å². The first-order valence-electron chi connectivity index (χ1n) is 19.9. The maximum Gasteiger partial charge on any atom is 0.124 e. The van der Waals surface area contributed by atoms with Crippen LogP contribution in [0.2, 0.25) is 0 Å². The molecular formula is C53H46N4O. The zero-order valence-electron chi connectivity index (χ0n) is 33.8. The molecule has 9 rings (SSSR count). The van der Waals surface area contributed by atoms with Crippen molar-refractivity contribution in [2.24, 2.45) is 0 Å². The second-order valence-corrected chi connectivity index (χ2v) is 17.2. The average molecular weight is 755 g/mol. The molecule has 0 aliphatic rings. The van der Waals surface area contributed by atoms with E-state index in [9.17, 15) is 5.11 Å². The highest BCUT2D eigenvalue weighted by Gasteiger charge is 2.23. The van der Waals surface area contributed by atoms with E-state index in [1.807, 2.05) is 42.9 Å². The Morgan fingerprint density at radius 3 is 1.86 bits per heavy atom. The third-order valence-corrected chi connectivity index (χ3v) is 11.2. The third-order valence-electron chi connectivity index (χ3n) is 11.2. The number of hydrogen-bond acceptors (Lipinski definition) is 4. The van der Waals surface area contributed by atoms with Gasteiger partial charge in [-0.15, -0.1) is 0 Å². The van der Waals surface area contributed by atoms with Crippen LogP contribution in [0, 0.1) is 0 Å². The van der Waals surface area contributed by atoms with Crippen LogP contribution in [0.4, 0.5) is 0 Å². The van der Waals surface area contributed by atoms with E-state index in [1.165, 1.54) is 21.9 Å². The lowest BCUT2D eigenvalue weighted by atomic mass is 9.79.